The van der Waals surface area contributed by atoms with Gasteiger partial charge in [0.05, 0.1) is 17.1 Å². The highest BCUT2D eigenvalue weighted by molar-refractivity contribution is 5.32. The fourth-order valence-corrected chi connectivity index (χ4v) is 8.70. The summed E-state index contributed by atoms with van der Waals surface area (Å²) in [7, 11) is 0. The van der Waals surface area contributed by atoms with Crippen LogP contribution in [0.2, 0.25) is 0 Å². The van der Waals surface area contributed by atoms with Crippen molar-refractivity contribution in [3.8, 4) is 0 Å². The lowest BCUT2D eigenvalue weighted by atomic mass is 10.1. The van der Waals surface area contributed by atoms with Gasteiger partial charge in [-0.25, -0.2) is 29.9 Å². The minimum Gasteiger partial charge on any atom is -0.261 e. The van der Waals surface area contributed by atoms with Gasteiger partial charge < -0.3 is 0 Å². The average Bonchev–Trinajstić information content (AvgIpc) is 0.882. The van der Waals surface area contributed by atoms with Crippen LogP contribution in [0, 0.1) is 242 Å². The Hall–Kier alpha value is -9.63. The predicted octanol–water partition coefficient (Wildman–Crippen LogP) is 20.3. The van der Waals surface area contributed by atoms with Crippen molar-refractivity contribution < 1.29 is 0 Å². The average molecular weight is 1370 g/mol. The van der Waals surface area contributed by atoms with E-state index in [1.54, 1.807) is 12.5 Å². The minimum atomic E-state index is 0.845. The molecular weight excluding hydrogens is 1240 g/mol. The predicted molar refractivity (Wildman–Crippen MR) is 424 cm³/mol. The Bertz CT molecular complexity index is 3760. The minimum absolute atomic E-state index is 0.845. The van der Waals surface area contributed by atoms with Gasteiger partial charge in [-0.3, -0.25) is 44.9 Å². The largest absolute Gasteiger partial charge is 0.261 e. The number of pyridine rings is 7. The van der Waals surface area contributed by atoms with E-state index in [9.17, 15) is 0 Å². The summed E-state index contributed by atoms with van der Waals surface area (Å²) in [5.74, 6) is 1.71. The van der Waals surface area contributed by atoms with Crippen LogP contribution in [0.1, 0.15) is 197 Å². The topological polar surface area (TPSA) is 193 Å². The number of hydrogen-bond acceptors (Lipinski definition) is 15. The van der Waals surface area contributed by atoms with Crippen LogP contribution in [0.15, 0.2) is 98.2 Å². The van der Waals surface area contributed by atoms with E-state index in [1.807, 2.05) is 201 Å². The third-order valence-corrected chi connectivity index (χ3v) is 17.3. The van der Waals surface area contributed by atoms with E-state index in [4.69, 9.17) is 0 Å². The SMILES string of the molecule is Cc1cc(C)c(C)c(C)n1.Cc1cc(C)c(C)c(C)n1.Cc1cc(C)c(C)cn1.Cc1ccc(C)nc1.Cc1ccnc(C)c1C.Cc1ccnc(C)c1C.Cc1cnc(C)c(C)c1.Cc1cnc(C)c(C)n1.Cc1nc(C)c(C)c(C)n1.Cc1ncc(C)c(C)n1.Cc1ncnc(C)c1C. The second-order valence-corrected chi connectivity index (χ2v) is 26.2. The highest BCUT2D eigenvalue weighted by Crippen LogP contribution is 2.14. The van der Waals surface area contributed by atoms with E-state index in [-0.39, 0.29) is 0 Å². The molecule has 0 aliphatic rings. The van der Waals surface area contributed by atoms with Gasteiger partial charge >= 0.3 is 0 Å². The number of aryl methyl sites for hydroxylation is 29. The molecule has 15 heteroatoms. The van der Waals surface area contributed by atoms with Crippen molar-refractivity contribution in [1.29, 1.82) is 0 Å². The van der Waals surface area contributed by atoms with Crippen molar-refractivity contribution in [3.05, 3.63) is 296 Å². The molecule has 11 aromatic rings. The van der Waals surface area contributed by atoms with Gasteiger partial charge in [-0.2, -0.15) is 0 Å². The Kier molecular flexibility index (Phi) is 40.0. The van der Waals surface area contributed by atoms with Crippen molar-refractivity contribution in [3.63, 3.8) is 0 Å². The maximum Gasteiger partial charge on any atom is 0.125 e. The summed E-state index contributed by atoms with van der Waals surface area (Å²) in [6.45, 7) is 71.2. The number of rotatable bonds is 0. The molecule has 540 valence electrons. The summed E-state index contributed by atoms with van der Waals surface area (Å²) < 4.78 is 0. The van der Waals surface area contributed by atoms with Crippen LogP contribution in [0.25, 0.3) is 0 Å². The lowest BCUT2D eigenvalue weighted by Gasteiger charge is -2.03. The van der Waals surface area contributed by atoms with E-state index in [1.165, 1.54) is 83.5 Å². The molecule has 0 N–H and O–H groups in total. The summed E-state index contributed by atoms with van der Waals surface area (Å²) in [6, 6.07) is 16.6. The van der Waals surface area contributed by atoms with E-state index in [0.717, 1.165) is 114 Å². The summed E-state index contributed by atoms with van der Waals surface area (Å²) in [4.78, 5) is 62.4. The third kappa shape index (κ3) is 34.8. The number of aromatic nitrogens is 15. The Labute approximate surface area is 609 Å². The molecule has 11 rings (SSSR count). The Balaban J connectivity index is 0.000000556. The molecule has 0 saturated heterocycles. The molecule has 0 aliphatic heterocycles. The zero-order valence-corrected chi connectivity index (χ0v) is 68.4. The van der Waals surface area contributed by atoms with Gasteiger partial charge in [-0.15, -0.1) is 0 Å². The lowest BCUT2D eigenvalue weighted by Crippen LogP contribution is -1.97. The molecule has 0 fully saturated rings. The van der Waals surface area contributed by atoms with Crippen LogP contribution in [0.5, 0.6) is 0 Å². The maximum atomic E-state index is 4.33. The monoisotopic (exact) mass is 1360 g/mol. The summed E-state index contributed by atoms with van der Waals surface area (Å²) in [5.41, 5.74) is 38.9. The second kappa shape index (κ2) is 45.2. The second-order valence-electron chi connectivity index (χ2n) is 26.2. The van der Waals surface area contributed by atoms with Crippen LogP contribution in [0.3, 0.4) is 0 Å². The number of hydrogen-bond donors (Lipinski definition) is 0. The molecule has 15 nitrogen and oxygen atoms in total. The Morgan fingerprint density at radius 2 is 0.564 bits per heavy atom. The zero-order chi connectivity index (χ0) is 77.1. The van der Waals surface area contributed by atoms with Crippen LogP contribution < -0.4 is 0 Å². The van der Waals surface area contributed by atoms with Gasteiger partial charge in [0.2, 0.25) is 0 Å². The van der Waals surface area contributed by atoms with Crippen LogP contribution >= 0.6 is 0 Å². The third-order valence-electron chi connectivity index (χ3n) is 17.3. The van der Waals surface area contributed by atoms with Gasteiger partial charge in [0.25, 0.3) is 0 Å². The molecule has 0 amide bonds. The first kappa shape index (κ1) is 89.4. The van der Waals surface area contributed by atoms with E-state index in [2.05, 4.69) is 202 Å². The molecule has 0 aliphatic carbocycles. The van der Waals surface area contributed by atoms with Crippen LogP contribution in [0.4, 0.5) is 0 Å². The standard InChI is InChI=1S/2C9H13N.C8H12N2.4C8H11N.3C7H10N2.C7H9N/c2*1-6-5-7(2)10-9(4)8(6)3;1-5-6(2)9-8(4)10-7(5)3;1-6-4-8(3)9-5-7(6)2;1-6-4-7(2)8(3)9-5-6;2*1-6-4-5-9-8(3)7(6)2;1-5-6(2)8-4-9-7(5)3;1-5-4-8-6(2)7(3)9-5;1-5-4-8-7(3)9-6(5)2;1-6-3-4-7(2)8-5-6/h2*5H,1-4H3;1-4H3;4*4-5H,1-3H3;3*4H,1-3H3;3-5H,1-2H3. The first-order chi connectivity index (χ1) is 47.1. The van der Waals surface area contributed by atoms with Gasteiger partial charge in [0, 0.05) is 123 Å². The summed E-state index contributed by atoms with van der Waals surface area (Å²) in [5, 5.41) is 0. The van der Waals surface area contributed by atoms with Gasteiger partial charge in [-0.05, 0) is 368 Å². The number of nitrogens with zero attached hydrogens (tertiary/aromatic N) is 15. The molecule has 0 atom stereocenters. The molecule has 11 aromatic heterocycles. The fraction of sp³-hybridized carbons (Fsp3) is 0.407. The van der Waals surface area contributed by atoms with E-state index in [0.29, 0.717) is 0 Å². The zero-order valence-electron chi connectivity index (χ0n) is 68.4. The Morgan fingerprint density at radius 3 is 0.911 bits per heavy atom. The van der Waals surface area contributed by atoms with Crippen molar-refractivity contribution in [2.75, 3.05) is 0 Å². The first-order valence-corrected chi connectivity index (χ1v) is 34.4. The highest BCUT2D eigenvalue weighted by Gasteiger charge is 2.03. The Morgan fingerprint density at radius 1 is 0.178 bits per heavy atom. The van der Waals surface area contributed by atoms with Crippen LogP contribution in [-0.4, -0.2) is 74.8 Å². The van der Waals surface area contributed by atoms with Crippen molar-refractivity contribution in [1.82, 2.24) is 74.8 Å². The van der Waals surface area contributed by atoms with Gasteiger partial charge in [0.1, 0.15) is 18.0 Å². The van der Waals surface area contributed by atoms with Gasteiger partial charge in [-0.1, -0.05) is 12.1 Å². The molecule has 0 aromatic carbocycles. The molecule has 0 spiro atoms. The van der Waals surface area contributed by atoms with E-state index >= 15 is 0 Å². The van der Waals surface area contributed by atoms with Crippen molar-refractivity contribution in [2.24, 2.45) is 0 Å². The van der Waals surface area contributed by atoms with Crippen LogP contribution in [-0.2, 0) is 0 Å². The molecule has 101 heavy (non-hydrogen) atoms. The molecule has 0 radical (unpaired) electrons. The fourth-order valence-electron chi connectivity index (χ4n) is 8.70. The molecule has 0 bridgehead atoms. The molecule has 11 heterocycles. The normalized spacial score (nSPS) is 9.73. The van der Waals surface area contributed by atoms with Crippen molar-refractivity contribution >= 4 is 0 Å². The van der Waals surface area contributed by atoms with Crippen molar-refractivity contribution in [2.45, 2.75) is 242 Å². The molecule has 0 unspecified atom stereocenters. The summed E-state index contributed by atoms with van der Waals surface area (Å²) in [6.07, 6.45) is 14.6. The maximum absolute atomic E-state index is 4.33. The first-order valence-electron chi connectivity index (χ1n) is 34.4. The quantitative estimate of drug-likeness (QED) is 0.139. The smallest absolute Gasteiger partial charge is 0.125 e. The molecule has 0 saturated carbocycles. The highest BCUT2D eigenvalue weighted by atomic mass is 14.9. The van der Waals surface area contributed by atoms with E-state index < -0.39 is 0 Å². The lowest BCUT2D eigenvalue weighted by molar-refractivity contribution is 0.948. The van der Waals surface area contributed by atoms with Gasteiger partial charge in [0.15, 0.2) is 0 Å². The summed E-state index contributed by atoms with van der Waals surface area (Å²) >= 11 is 0. The molecular formula is C86H121N15.